The molecule has 5 nitrogen and oxygen atoms in total. The minimum atomic E-state index is -1.04. The molecule has 0 atom stereocenters. The number of hydrogen-bond donors (Lipinski definition) is 1. The van der Waals surface area contributed by atoms with E-state index in [2.05, 4.69) is 21.0 Å². The average molecular weight is 448 g/mol. The third kappa shape index (κ3) is 4.45. The highest BCUT2D eigenvalue weighted by Gasteiger charge is 2.24. The van der Waals surface area contributed by atoms with Crippen molar-refractivity contribution in [2.75, 3.05) is 0 Å². The Labute approximate surface area is 189 Å². The number of benzene rings is 1. The van der Waals surface area contributed by atoms with Gasteiger partial charge in [-0.2, -0.15) is 0 Å². The summed E-state index contributed by atoms with van der Waals surface area (Å²) in [6.45, 7) is 3.38. The summed E-state index contributed by atoms with van der Waals surface area (Å²) in [5.74, 6) is 0.720. The number of aliphatic hydroxyl groups is 1. The number of hydrogen-bond acceptors (Lipinski definition) is 6. The fourth-order valence-electron chi connectivity index (χ4n) is 3.37. The second kappa shape index (κ2) is 8.15. The van der Waals surface area contributed by atoms with Crippen LogP contribution in [0, 0.1) is 5.82 Å². The summed E-state index contributed by atoms with van der Waals surface area (Å²) in [5, 5.41) is 11.6. The van der Waals surface area contributed by atoms with Gasteiger partial charge in [0.2, 0.25) is 5.89 Å². The van der Waals surface area contributed by atoms with Crippen LogP contribution in [0.1, 0.15) is 43.9 Å². The molecule has 32 heavy (non-hydrogen) atoms. The van der Waals surface area contributed by atoms with E-state index < -0.39 is 5.60 Å². The van der Waals surface area contributed by atoms with Crippen molar-refractivity contribution in [2.45, 2.75) is 48.3 Å². The Bertz CT molecular complexity index is 1230. The third-order valence-electron chi connectivity index (χ3n) is 5.36. The Kier molecular flexibility index (Phi) is 5.31. The monoisotopic (exact) mass is 447 g/mol. The van der Waals surface area contributed by atoms with Gasteiger partial charge in [-0.15, -0.1) is 0 Å². The minimum absolute atomic E-state index is 0.318. The number of halogens is 1. The topological polar surface area (TPSA) is 72.0 Å². The van der Waals surface area contributed by atoms with Crippen LogP contribution in [0.15, 0.2) is 75.5 Å². The Morgan fingerprint density at radius 2 is 1.72 bits per heavy atom. The molecule has 1 saturated carbocycles. The first kappa shape index (κ1) is 20.8. The Balaban J connectivity index is 1.51. The lowest BCUT2D eigenvalue weighted by molar-refractivity contribution is 0.0739. The molecular weight excluding hydrogens is 425 g/mol. The maximum absolute atomic E-state index is 13.4. The van der Waals surface area contributed by atoms with E-state index in [1.54, 1.807) is 38.2 Å². The van der Waals surface area contributed by atoms with Gasteiger partial charge in [-0.05, 0) is 92.4 Å². The molecule has 7 heteroatoms. The van der Waals surface area contributed by atoms with Crippen LogP contribution >= 0.6 is 11.8 Å². The molecule has 0 saturated heterocycles. The molecule has 3 aromatic heterocycles. The van der Waals surface area contributed by atoms with Gasteiger partial charge in [0.25, 0.3) is 0 Å². The Morgan fingerprint density at radius 3 is 2.31 bits per heavy atom. The lowest BCUT2D eigenvalue weighted by atomic mass is 10.0. The standard InChI is InChI=1S/C25H22FN3O2S/c1-25(2,30)20-11-7-18(14-27-20)22-24(31-23(29-22)16-5-9-19(26)10-6-16)32-21-12-8-17(13-28-21)15-3-4-15/h5-15,30H,3-4H2,1-2H3. The smallest absolute Gasteiger partial charge is 0.228 e. The van der Waals surface area contributed by atoms with E-state index in [0.717, 1.165) is 10.6 Å². The summed E-state index contributed by atoms with van der Waals surface area (Å²) in [5.41, 5.74) is 2.86. The van der Waals surface area contributed by atoms with Crippen molar-refractivity contribution in [3.63, 3.8) is 0 Å². The van der Waals surface area contributed by atoms with E-state index in [0.29, 0.717) is 33.9 Å². The largest absolute Gasteiger partial charge is 0.429 e. The first-order chi connectivity index (χ1) is 15.4. The molecule has 1 aliphatic rings. The highest BCUT2D eigenvalue weighted by molar-refractivity contribution is 7.99. The van der Waals surface area contributed by atoms with Crippen molar-refractivity contribution < 1.29 is 13.9 Å². The highest BCUT2D eigenvalue weighted by atomic mass is 32.2. The zero-order valence-electron chi connectivity index (χ0n) is 17.7. The number of oxazole rings is 1. The normalized spacial score (nSPS) is 14.0. The van der Waals surface area contributed by atoms with Crippen LogP contribution in [0.5, 0.6) is 0 Å². The Hall–Kier alpha value is -3.03. The summed E-state index contributed by atoms with van der Waals surface area (Å²) in [7, 11) is 0. The molecule has 4 aromatic rings. The molecule has 1 aromatic carbocycles. The van der Waals surface area contributed by atoms with Crippen LogP contribution in [0.2, 0.25) is 0 Å². The fourth-order valence-corrected chi connectivity index (χ4v) is 4.19. The van der Waals surface area contributed by atoms with Crippen LogP contribution in [0.25, 0.3) is 22.7 Å². The van der Waals surface area contributed by atoms with E-state index in [1.165, 1.54) is 42.3 Å². The average Bonchev–Trinajstić information content (AvgIpc) is 3.55. The van der Waals surface area contributed by atoms with Crippen LogP contribution in [0.3, 0.4) is 0 Å². The zero-order chi connectivity index (χ0) is 22.3. The molecule has 1 N–H and O–H groups in total. The van der Waals surface area contributed by atoms with Gasteiger partial charge in [0.1, 0.15) is 22.1 Å². The maximum atomic E-state index is 13.4. The van der Waals surface area contributed by atoms with Crippen molar-refractivity contribution in [1.29, 1.82) is 0 Å². The molecule has 1 fully saturated rings. The molecule has 1 aliphatic carbocycles. The molecule has 3 heterocycles. The second-order valence-electron chi connectivity index (χ2n) is 8.46. The van der Waals surface area contributed by atoms with Gasteiger partial charge in [-0.25, -0.2) is 14.4 Å². The van der Waals surface area contributed by atoms with Crippen LogP contribution in [-0.4, -0.2) is 20.1 Å². The summed E-state index contributed by atoms with van der Waals surface area (Å²) in [4.78, 5) is 13.7. The van der Waals surface area contributed by atoms with Gasteiger partial charge in [0.15, 0.2) is 5.09 Å². The summed E-state index contributed by atoms with van der Waals surface area (Å²) in [6.07, 6.45) is 6.06. The van der Waals surface area contributed by atoms with Gasteiger partial charge in [0.05, 0.1) is 5.69 Å². The predicted molar refractivity (Wildman–Crippen MR) is 121 cm³/mol. The fraction of sp³-hybridized carbons (Fsp3) is 0.240. The van der Waals surface area contributed by atoms with Gasteiger partial charge in [-0.1, -0.05) is 6.07 Å². The molecule has 0 spiro atoms. The lowest BCUT2D eigenvalue weighted by Crippen LogP contribution is -2.17. The number of nitrogens with zero attached hydrogens (tertiary/aromatic N) is 3. The van der Waals surface area contributed by atoms with Crippen molar-refractivity contribution in [3.05, 3.63) is 78.0 Å². The van der Waals surface area contributed by atoms with E-state index >= 15 is 0 Å². The first-order valence-corrected chi connectivity index (χ1v) is 11.3. The van der Waals surface area contributed by atoms with Crippen molar-refractivity contribution in [1.82, 2.24) is 15.0 Å². The number of rotatable bonds is 6. The molecule has 0 aliphatic heterocycles. The maximum Gasteiger partial charge on any atom is 0.228 e. The van der Waals surface area contributed by atoms with Crippen LogP contribution in [-0.2, 0) is 5.60 Å². The zero-order valence-corrected chi connectivity index (χ0v) is 18.6. The van der Waals surface area contributed by atoms with E-state index in [-0.39, 0.29) is 5.82 Å². The Morgan fingerprint density at radius 1 is 0.969 bits per heavy atom. The quantitative estimate of drug-likeness (QED) is 0.380. The van der Waals surface area contributed by atoms with Crippen molar-refractivity contribution in [2.24, 2.45) is 0 Å². The van der Waals surface area contributed by atoms with Gasteiger partial charge < -0.3 is 9.52 Å². The predicted octanol–water partition coefficient (Wildman–Crippen LogP) is 6.19. The molecule has 0 bridgehead atoms. The molecule has 0 radical (unpaired) electrons. The molecule has 0 amide bonds. The second-order valence-corrected chi connectivity index (χ2v) is 9.45. The molecule has 5 rings (SSSR count). The summed E-state index contributed by atoms with van der Waals surface area (Å²) >= 11 is 1.39. The molecule has 162 valence electrons. The minimum Gasteiger partial charge on any atom is -0.429 e. The highest BCUT2D eigenvalue weighted by Crippen LogP contribution is 2.41. The van der Waals surface area contributed by atoms with Crippen LogP contribution in [0.4, 0.5) is 4.39 Å². The number of aromatic nitrogens is 3. The summed E-state index contributed by atoms with van der Waals surface area (Å²) in [6, 6.07) is 13.8. The van der Waals surface area contributed by atoms with Gasteiger partial charge in [0, 0.05) is 23.5 Å². The van der Waals surface area contributed by atoms with Crippen LogP contribution < -0.4 is 0 Å². The third-order valence-corrected chi connectivity index (χ3v) is 6.27. The molecular formula is C25H22FN3O2S. The van der Waals surface area contributed by atoms with E-state index in [9.17, 15) is 9.50 Å². The van der Waals surface area contributed by atoms with E-state index in [4.69, 9.17) is 4.42 Å². The van der Waals surface area contributed by atoms with Crippen molar-refractivity contribution in [3.8, 4) is 22.7 Å². The van der Waals surface area contributed by atoms with Gasteiger partial charge in [-0.3, -0.25) is 4.98 Å². The van der Waals surface area contributed by atoms with E-state index in [1.807, 2.05) is 18.3 Å². The SMILES string of the molecule is CC(C)(O)c1ccc(-c2nc(-c3ccc(F)cc3)oc2Sc2ccc(C3CC3)cn2)cn1. The molecule has 0 unspecified atom stereocenters. The van der Waals surface area contributed by atoms with Gasteiger partial charge >= 0.3 is 0 Å². The lowest BCUT2D eigenvalue weighted by Gasteiger charge is -2.16. The number of pyridine rings is 2. The van der Waals surface area contributed by atoms with Crippen molar-refractivity contribution >= 4 is 11.8 Å². The summed E-state index contributed by atoms with van der Waals surface area (Å²) < 4.78 is 19.5. The first-order valence-electron chi connectivity index (χ1n) is 10.5.